The summed E-state index contributed by atoms with van der Waals surface area (Å²) in [6, 6.07) is -0.345. The van der Waals surface area contributed by atoms with Crippen LogP contribution in [0.15, 0.2) is 0 Å². The van der Waals surface area contributed by atoms with Gasteiger partial charge in [-0.1, -0.05) is 77.0 Å². The minimum absolute atomic E-state index is 0.318. The van der Waals surface area contributed by atoms with Gasteiger partial charge in [0, 0.05) is 0 Å². The Hall–Kier alpha value is -0.650. The summed E-state index contributed by atoms with van der Waals surface area (Å²) in [6.07, 6.45) is 17.3. The average Bonchev–Trinajstić information content (AvgIpc) is 2.50. The van der Waals surface area contributed by atoms with E-state index in [9.17, 15) is 4.79 Å². The third-order valence-corrected chi connectivity index (χ3v) is 4.39. The molecule has 0 aromatic heterocycles. The molecule has 5 heteroatoms. The minimum atomic E-state index is -0.345. The molecule has 1 fully saturated rings. The van der Waals surface area contributed by atoms with Crippen LogP contribution in [0.4, 0.5) is 0 Å². The third kappa shape index (κ3) is 11.0. The smallest absolute Gasteiger partial charge is 0.235 e. The number of hydrogen-bond donors (Lipinski definition) is 3. The fraction of sp³-hybridized carbons (Fsp3) is 0.941. The third-order valence-electron chi connectivity index (χ3n) is 4.39. The molecule has 130 valence electrons. The minimum Gasteiger partial charge on any atom is -0.368 e. The molecule has 4 N–H and O–H groups in total. The summed E-state index contributed by atoms with van der Waals surface area (Å²) in [4.78, 5) is 16.7. The van der Waals surface area contributed by atoms with E-state index in [0.29, 0.717) is 6.61 Å². The Labute approximate surface area is 135 Å². The summed E-state index contributed by atoms with van der Waals surface area (Å²) in [6.45, 7) is 0.665. The zero-order valence-corrected chi connectivity index (χ0v) is 14.1. The molecule has 1 rings (SSSR count). The number of nitrogens with two attached hydrogens (primary N) is 1. The first-order chi connectivity index (χ1) is 10.8. The first-order valence-electron chi connectivity index (χ1n) is 9.22. The highest BCUT2D eigenvalue weighted by Crippen LogP contribution is 2.13. The number of carbonyl (C=O) groups is 1. The first kappa shape index (κ1) is 19.4. The van der Waals surface area contributed by atoms with Crippen molar-refractivity contribution in [3.8, 4) is 0 Å². The molecule has 1 saturated heterocycles. The van der Waals surface area contributed by atoms with Crippen LogP contribution in [0.5, 0.6) is 0 Å². The number of hydrazine groups is 1. The second-order valence-corrected chi connectivity index (χ2v) is 6.43. The van der Waals surface area contributed by atoms with Gasteiger partial charge in [-0.2, -0.15) is 0 Å². The molecule has 1 atom stereocenters. The first-order valence-corrected chi connectivity index (χ1v) is 9.22. The molecule has 0 spiro atoms. The van der Waals surface area contributed by atoms with Gasteiger partial charge < -0.3 is 5.73 Å². The van der Waals surface area contributed by atoms with E-state index in [2.05, 4.69) is 11.0 Å². The molecule has 5 nitrogen and oxygen atoms in total. The van der Waals surface area contributed by atoms with Crippen LogP contribution >= 0.6 is 0 Å². The van der Waals surface area contributed by atoms with E-state index in [4.69, 9.17) is 10.6 Å². The van der Waals surface area contributed by atoms with Crippen LogP contribution in [0.25, 0.3) is 0 Å². The summed E-state index contributed by atoms with van der Waals surface area (Å²) in [7, 11) is 0. The Bertz CT molecular complexity index is 255. The molecule has 1 aliphatic heterocycles. The van der Waals surface area contributed by atoms with Crippen molar-refractivity contribution in [2.24, 2.45) is 5.73 Å². The van der Waals surface area contributed by atoms with E-state index in [1.165, 1.54) is 70.6 Å². The lowest BCUT2D eigenvalue weighted by atomic mass is 10.0. The molecular weight excluding hydrogens is 278 g/mol. The monoisotopic (exact) mass is 313 g/mol. The summed E-state index contributed by atoms with van der Waals surface area (Å²) < 4.78 is 0. The molecule has 0 aromatic rings. The largest absolute Gasteiger partial charge is 0.368 e. The van der Waals surface area contributed by atoms with E-state index < -0.39 is 0 Å². The van der Waals surface area contributed by atoms with Gasteiger partial charge in [0.1, 0.15) is 6.04 Å². The molecule has 1 aliphatic rings. The van der Waals surface area contributed by atoms with E-state index >= 15 is 0 Å². The predicted molar refractivity (Wildman–Crippen MR) is 89.8 cm³/mol. The number of amides is 1. The Morgan fingerprint density at radius 3 is 1.73 bits per heavy atom. The SMILES string of the molecule is NC(=O)C1CCCCCCCCCCCCCCCONN1. The molecule has 1 heterocycles. The molecule has 0 bridgehead atoms. The number of hydrogen-bond acceptors (Lipinski definition) is 4. The van der Waals surface area contributed by atoms with Crippen molar-refractivity contribution in [3.63, 3.8) is 0 Å². The van der Waals surface area contributed by atoms with Gasteiger partial charge in [0.2, 0.25) is 5.91 Å². The second kappa shape index (κ2) is 14.0. The zero-order valence-electron chi connectivity index (χ0n) is 14.1. The lowest BCUT2D eigenvalue weighted by Gasteiger charge is -2.16. The van der Waals surface area contributed by atoms with Crippen LogP contribution in [0.2, 0.25) is 0 Å². The maximum Gasteiger partial charge on any atom is 0.235 e. The maximum absolute atomic E-state index is 11.4. The van der Waals surface area contributed by atoms with Crippen molar-refractivity contribution in [3.05, 3.63) is 0 Å². The van der Waals surface area contributed by atoms with Gasteiger partial charge in [-0.15, -0.1) is 5.59 Å². The Kier molecular flexibility index (Phi) is 12.3. The van der Waals surface area contributed by atoms with Gasteiger partial charge in [-0.3, -0.25) is 9.63 Å². The molecule has 22 heavy (non-hydrogen) atoms. The number of primary amides is 1. The summed E-state index contributed by atoms with van der Waals surface area (Å²) in [5.41, 5.74) is 11.0. The fourth-order valence-corrected chi connectivity index (χ4v) is 2.92. The van der Waals surface area contributed by atoms with E-state index in [-0.39, 0.29) is 11.9 Å². The van der Waals surface area contributed by atoms with Gasteiger partial charge >= 0.3 is 0 Å². The molecule has 1 amide bonds. The summed E-state index contributed by atoms with van der Waals surface area (Å²) in [5.74, 6) is -0.318. The quantitative estimate of drug-likeness (QED) is 0.694. The van der Waals surface area contributed by atoms with E-state index in [1.54, 1.807) is 0 Å². The predicted octanol–water partition coefficient (Wildman–Crippen LogP) is 3.34. The summed E-state index contributed by atoms with van der Waals surface area (Å²) in [5, 5.41) is 0. The van der Waals surface area contributed by atoms with Crippen molar-refractivity contribution in [1.29, 1.82) is 0 Å². The highest BCUT2D eigenvalue weighted by Gasteiger charge is 2.13. The standard InChI is InChI=1S/C17H35N3O2/c18-17(21)16-14-12-10-8-6-4-2-1-3-5-7-9-11-13-15-22-20-19-16/h16,19-20H,1-15H2,(H2,18,21). The molecule has 1 unspecified atom stereocenters. The van der Waals surface area contributed by atoms with Crippen molar-refractivity contribution >= 4 is 5.91 Å². The zero-order chi connectivity index (χ0) is 15.9. The van der Waals surface area contributed by atoms with Gasteiger partial charge in [0.25, 0.3) is 0 Å². The van der Waals surface area contributed by atoms with Crippen molar-refractivity contribution < 1.29 is 9.63 Å². The molecule has 0 aromatic carbocycles. The van der Waals surface area contributed by atoms with Crippen LogP contribution in [0, 0.1) is 0 Å². The van der Waals surface area contributed by atoms with Crippen LogP contribution in [0.3, 0.4) is 0 Å². The Balaban J connectivity index is 2.23. The Morgan fingerprint density at radius 1 is 0.773 bits per heavy atom. The Morgan fingerprint density at radius 2 is 1.23 bits per heavy atom. The van der Waals surface area contributed by atoms with E-state index in [1.807, 2.05) is 0 Å². The van der Waals surface area contributed by atoms with Gasteiger partial charge in [-0.05, 0) is 12.8 Å². The average molecular weight is 313 g/mol. The number of carbonyl (C=O) groups excluding carboxylic acids is 1. The normalized spacial score (nSPS) is 25.5. The van der Waals surface area contributed by atoms with Crippen LogP contribution in [-0.4, -0.2) is 18.6 Å². The number of nitrogens with one attached hydrogen (secondary N) is 2. The lowest BCUT2D eigenvalue weighted by Crippen LogP contribution is -2.48. The maximum atomic E-state index is 11.4. The number of rotatable bonds is 1. The second-order valence-electron chi connectivity index (χ2n) is 6.43. The van der Waals surface area contributed by atoms with Gasteiger partial charge in [-0.25, -0.2) is 5.43 Å². The lowest BCUT2D eigenvalue weighted by molar-refractivity contribution is -0.122. The van der Waals surface area contributed by atoms with Crippen molar-refractivity contribution in [2.75, 3.05) is 6.61 Å². The molecule has 0 radical (unpaired) electrons. The summed E-state index contributed by atoms with van der Waals surface area (Å²) >= 11 is 0. The van der Waals surface area contributed by atoms with Crippen LogP contribution in [-0.2, 0) is 9.63 Å². The van der Waals surface area contributed by atoms with Crippen molar-refractivity contribution in [2.45, 2.75) is 95.9 Å². The fourth-order valence-electron chi connectivity index (χ4n) is 2.92. The van der Waals surface area contributed by atoms with E-state index in [0.717, 1.165) is 19.3 Å². The highest BCUT2D eigenvalue weighted by molar-refractivity contribution is 5.79. The highest BCUT2D eigenvalue weighted by atomic mass is 16.7. The molecule has 0 saturated carbocycles. The van der Waals surface area contributed by atoms with Gasteiger partial charge in [0.15, 0.2) is 0 Å². The molecular formula is C17H35N3O2. The van der Waals surface area contributed by atoms with Crippen LogP contribution in [0.1, 0.15) is 89.9 Å². The molecule has 0 aliphatic carbocycles. The topological polar surface area (TPSA) is 76.4 Å². The van der Waals surface area contributed by atoms with Crippen molar-refractivity contribution in [1.82, 2.24) is 11.0 Å². The van der Waals surface area contributed by atoms with Gasteiger partial charge in [0.05, 0.1) is 6.61 Å². The van der Waals surface area contributed by atoms with Crippen LogP contribution < -0.4 is 16.7 Å².